The molecule has 0 bridgehead atoms. The average molecular weight is 471 g/mol. The summed E-state index contributed by atoms with van der Waals surface area (Å²) in [5, 5.41) is 3.64. The molecular weight excluding hydrogens is 444 g/mol. The first-order valence-corrected chi connectivity index (χ1v) is 11.6. The average Bonchev–Trinajstić information content (AvgIpc) is 2.79. The fraction of sp³-hybridized carbons (Fsp3) is 0.172. The van der Waals surface area contributed by atoms with Crippen LogP contribution in [0, 0.1) is 27.7 Å². The first kappa shape index (κ1) is 23.5. The molecule has 1 aromatic heterocycles. The van der Waals surface area contributed by atoms with Crippen LogP contribution in [0.2, 0.25) is 5.02 Å². The summed E-state index contributed by atoms with van der Waals surface area (Å²) in [6, 6.07) is 22.8. The van der Waals surface area contributed by atoms with Gasteiger partial charge in [0.2, 0.25) is 0 Å². The van der Waals surface area contributed by atoms with Crippen molar-refractivity contribution >= 4 is 23.2 Å². The van der Waals surface area contributed by atoms with E-state index in [0.29, 0.717) is 22.9 Å². The largest absolute Gasteiger partial charge is 0.340 e. The van der Waals surface area contributed by atoms with Crippen LogP contribution in [-0.2, 0) is 6.54 Å². The predicted molar refractivity (Wildman–Crippen MR) is 140 cm³/mol. The Kier molecular flexibility index (Phi) is 6.71. The Morgan fingerprint density at radius 2 is 1.62 bits per heavy atom. The Labute approximate surface area is 204 Å². The maximum atomic E-state index is 13.6. The first-order chi connectivity index (χ1) is 16.2. The van der Waals surface area contributed by atoms with Gasteiger partial charge in [-0.2, -0.15) is 0 Å². The third-order valence-electron chi connectivity index (χ3n) is 6.14. The van der Waals surface area contributed by atoms with E-state index in [-0.39, 0.29) is 11.0 Å². The molecule has 172 valence electrons. The third kappa shape index (κ3) is 4.82. The van der Waals surface area contributed by atoms with Gasteiger partial charge in [-0.25, -0.2) is 0 Å². The summed E-state index contributed by atoms with van der Waals surface area (Å²) in [6.45, 7) is 8.34. The fourth-order valence-electron chi connectivity index (χ4n) is 4.13. The van der Waals surface area contributed by atoms with Crippen LogP contribution in [0.3, 0.4) is 0 Å². The molecular formula is C29H27ClN2O2. The summed E-state index contributed by atoms with van der Waals surface area (Å²) in [7, 11) is 0. The first-order valence-electron chi connectivity index (χ1n) is 11.2. The molecule has 0 unspecified atom stereocenters. The minimum Gasteiger partial charge on any atom is -0.340 e. The number of aromatic nitrogens is 1. The van der Waals surface area contributed by atoms with E-state index in [4.69, 9.17) is 11.6 Å². The lowest BCUT2D eigenvalue weighted by Gasteiger charge is -2.21. The van der Waals surface area contributed by atoms with Crippen LogP contribution >= 0.6 is 11.6 Å². The van der Waals surface area contributed by atoms with Crippen LogP contribution < -0.4 is 10.7 Å². The molecule has 34 heavy (non-hydrogen) atoms. The number of halogens is 1. The van der Waals surface area contributed by atoms with Crippen molar-refractivity contribution in [3.8, 4) is 11.3 Å². The summed E-state index contributed by atoms with van der Waals surface area (Å²) in [5.74, 6) is -0.417. The number of nitrogens with one attached hydrogen (secondary N) is 1. The lowest BCUT2D eigenvalue weighted by molar-refractivity contribution is 0.102. The Morgan fingerprint density at radius 1 is 0.912 bits per heavy atom. The highest BCUT2D eigenvalue weighted by molar-refractivity contribution is 6.30. The van der Waals surface area contributed by atoms with Crippen LogP contribution in [-0.4, -0.2) is 10.5 Å². The van der Waals surface area contributed by atoms with Crippen molar-refractivity contribution in [2.24, 2.45) is 0 Å². The van der Waals surface area contributed by atoms with Crippen LogP contribution in [0.5, 0.6) is 0 Å². The molecule has 0 saturated heterocycles. The van der Waals surface area contributed by atoms with Crippen molar-refractivity contribution in [1.29, 1.82) is 0 Å². The van der Waals surface area contributed by atoms with Crippen molar-refractivity contribution in [3.63, 3.8) is 0 Å². The maximum absolute atomic E-state index is 13.6. The number of amides is 1. The molecule has 0 saturated carbocycles. The predicted octanol–water partition coefficient (Wildman–Crippen LogP) is 6.70. The zero-order valence-corrected chi connectivity index (χ0v) is 20.5. The van der Waals surface area contributed by atoms with E-state index in [1.165, 1.54) is 6.07 Å². The molecule has 4 aromatic rings. The highest BCUT2D eigenvalue weighted by Gasteiger charge is 2.22. The number of hydrogen-bond donors (Lipinski definition) is 1. The van der Waals surface area contributed by atoms with E-state index in [9.17, 15) is 9.59 Å². The number of benzene rings is 3. The molecule has 1 N–H and O–H groups in total. The molecule has 1 heterocycles. The van der Waals surface area contributed by atoms with E-state index >= 15 is 0 Å². The molecule has 5 heteroatoms. The summed E-state index contributed by atoms with van der Waals surface area (Å²) >= 11 is 6.08. The van der Waals surface area contributed by atoms with Gasteiger partial charge >= 0.3 is 0 Å². The van der Waals surface area contributed by atoms with Crippen LogP contribution in [0.25, 0.3) is 11.3 Å². The molecule has 0 aliphatic carbocycles. The standard InChI is InChI=1S/C29H27ClN2O2/c1-18-7-5-9-23(15-18)28-27(29(34)31-25-10-6-8-19(2)21(25)4)26(33)16-20(3)32(28)17-22-11-13-24(30)14-12-22/h5-16H,17H2,1-4H3,(H,31,34). The molecule has 0 spiro atoms. The summed E-state index contributed by atoms with van der Waals surface area (Å²) < 4.78 is 2.03. The zero-order valence-electron chi connectivity index (χ0n) is 19.8. The van der Waals surface area contributed by atoms with Gasteiger partial charge in [0, 0.05) is 29.0 Å². The van der Waals surface area contributed by atoms with Crippen LogP contribution in [0.4, 0.5) is 5.69 Å². The van der Waals surface area contributed by atoms with Crippen molar-refractivity contribution in [2.75, 3.05) is 5.32 Å². The number of hydrogen-bond acceptors (Lipinski definition) is 2. The molecule has 0 atom stereocenters. The molecule has 1 amide bonds. The Balaban J connectivity index is 1.91. The topological polar surface area (TPSA) is 51.1 Å². The Bertz CT molecular complexity index is 1440. The van der Waals surface area contributed by atoms with Gasteiger partial charge in [0.1, 0.15) is 5.56 Å². The van der Waals surface area contributed by atoms with Gasteiger partial charge in [0.05, 0.1) is 5.69 Å². The van der Waals surface area contributed by atoms with Crippen LogP contribution in [0.1, 0.15) is 38.3 Å². The lowest BCUT2D eigenvalue weighted by atomic mass is 10.00. The quantitative estimate of drug-likeness (QED) is 0.352. The second-order valence-electron chi connectivity index (χ2n) is 8.66. The van der Waals surface area contributed by atoms with Gasteiger partial charge in [-0.05, 0) is 74.2 Å². The number of aryl methyl sites for hydroxylation is 3. The number of anilines is 1. The highest BCUT2D eigenvalue weighted by Crippen LogP contribution is 2.27. The summed E-state index contributed by atoms with van der Waals surface area (Å²) in [5.41, 5.74) is 6.84. The molecule has 0 aliphatic heterocycles. The van der Waals surface area contributed by atoms with E-state index in [2.05, 4.69) is 5.32 Å². The number of carbonyl (C=O) groups is 1. The number of nitrogens with zero attached hydrogens (tertiary/aromatic N) is 1. The van der Waals surface area contributed by atoms with Gasteiger partial charge in [0.25, 0.3) is 5.91 Å². The second kappa shape index (κ2) is 9.70. The van der Waals surface area contributed by atoms with E-state index in [1.807, 2.05) is 99.0 Å². The zero-order chi connectivity index (χ0) is 24.4. The van der Waals surface area contributed by atoms with Crippen molar-refractivity contribution in [1.82, 2.24) is 4.57 Å². The van der Waals surface area contributed by atoms with Gasteiger partial charge in [-0.15, -0.1) is 0 Å². The highest BCUT2D eigenvalue weighted by atomic mass is 35.5. The Hall–Kier alpha value is -3.63. The molecule has 0 fully saturated rings. The van der Waals surface area contributed by atoms with Crippen LogP contribution in [0.15, 0.2) is 77.6 Å². The second-order valence-corrected chi connectivity index (χ2v) is 9.09. The van der Waals surface area contributed by atoms with Crippen molar-refractivity contribution in [3.05, 3.63) is 122 Å². The van der Waals surface area contributed by atoms with Gasteiger partial charge < -0.3 is 9.88 Å². The maximum Gasteiger partial charge on any atom is 0.261 e. The van der Waals surface area contributed by atoms with Gasteiger partial charge in [0.15, 0.2) is 5.43 Å². The molecule has 0 radical (unpaired) electrons. The Morgan fingerprint density at radius 3 is 2.32 bits per heavy atom. The molecule has 4 nitrogen and oxygen atoms in total. The number of carbonyl (C=O) groups excluding carboxylic acids is 1. The number of rotatable bonds is 5. The van der Waals surface area contributed by atoms with Gasteiger partial charge in [-0.3, -0.25) is 9.59 Å². The van der Waals surface area contributed by atoms with Crippen molar-refractivity contribution in [2.45, 2.75) is 34.2 Å². The molecule has 0 aliphatic rings. The van der Waals surface area contributed by atoms with Crippen molar-refractivity contribution < 1.29 is 4.79 Å². The van der Waals surface area contributed by atoms with Gasteiger partial charge in [-0.1, -0.05) is 59.6 Å². The molecule has 4 rings (SSSR count). The minimum atomic E-state index is -0.417. The van der Waals surface area contributed by atoms with E-state index in [1.54, 1.807) is 0 Å². The monoisotopic (exact) mass is 470 g/mol. The summed E-state index contributed by atoms with van der Waals surface area (Å²) in [4.78, 5) is 26.9. The lowest BCUT2D eigenvalue weighted by Crippen LogP contribution is -2.27. The SMILES string of the molecule is Cc1cccc(-c2c(C(=O)Nc3cccc(C)c3C)c(=O)cc(C)n2Cc2ccc(Cl)cc2)c1. The smallest absolute Gasteiger partial charge is 0.261 e. The fourth-order valence-corrected chi connectivity index (χ4v) is 4.25. The molecule has 3 aromatic carbocycles. The summed E-state index contributed by atoms with van der Waals surface area (Å²) in [6.07, 6.45) is 0. The van der Waals surface area contributed by atoms with E-state index < -0.39 is 5.91 Å². The normalized spacial score (nSPS) is 10.9. The minimum absolute atomic E-state index is 0.131. The van der Waals surface area contributed by atoms with E-state index in [0.717, 1.165) is 33.5 Å². The number of pyridine rings is 1. The third-order valence-corrected chi connectivity index (χ3v) is 6.40.